The SMILES string of the molecule is CC(C)(C)OC(=O)N(C(=O)OC(C)(C)C)c1cc(C(F)(F)F)c2nc1-c1nnc(o1)C(OCc1ccccc1)(C(F)(F)F)CC/C=C\CCO2. The molecule has 0 radical (unpaired) electrons. The van der Waals surface area contributed by atoms with Crippen LogP contribution in [0, 0.1) is 0 Å². The molecule has 3 aromatic rings. The highest BCUT2D eigenvalue weighted by atomic mass is 19.4. The van der Waals surface area contributed by atoms with E-state index in [1.807, 2.05) is 0 Å². The number of imide groups is 1. The van der Waals surface area contributed by atoms with Crippen molar-refractivity contribution in [3.8, 4) is 17.5 Å². The maximum atomic E-state index is 15.1. The van der Waals surface area contributed by atoms with Crippen LogP contribution in [0.15, 0.2) is 53.0 Å². The summed E-state index contributed by atoms with van der Waals surface area (Å²) in [5.74, 6) is -3.02. The number of nitrogens with zero attached hydrogens (tertiary/aromatic N) is 4. The lowest BCUT2D eigenvalue weighted by Gasteiger charge is -2.32. The number of rotatable bonds is 4. The molecule has 0 N–H and O–H groups in total. The molecule has 3 heterocycles. The molecule has 0 spiro atoms. The first-order chi connectivity index (χ1) is 23.1. The lowest BCUT2D eigenvalue weighted by atomic mass is 9.95. The second-order valence-corrected chi connectivity index (χ2v) is 13.2. The lowest BCUT2D eigenvalue weighted by Crippen LogP contribution is -2.45. The second kappa shape index (κ2) is 14.3. The number of pyridine rings is 1. The monoisotopic (exact) mass is 714 g/mol. The molecule has 50 heavy (non-hydrogen) atoms. The number of hydrogen-bond donors (Lipinski definition) is 0. The van der Waals surface area contributed by atoms with Gasteiger partial charge in [-0.3, -0.25) is 0 Å². The summed E-state index contributed by atoms with van der Waals surface area (Å²) in [6, 6.07) is 8.34. The van der Waals surface area contributed by atoms with E-state index in [2.05, 4.69) is 15.2 Å². The number of carbonyl (C=O) groups excluding carboxylic acids is 2. The van der Waals surface area contributed by atoms with Gasteiger partial charge in [-0.1, -0.05) is 42.5 Å². The molecule has 0 aliphatic carbocycles. The summed E-state index contributed by atoms with van der Waals surface area (Å²) in [5.41, 5.74) is -8.65. The fraction of sp³-hybridized carbons (Fsp3) is 0.485. The number of alkyl halides is 6. The van der Waals surface area contributed by atoms with Gasteiger partial charge in [0.15, 0.2) is 5.69 Å². The van der Waals surface area contributed by atoms with E-state index in [1.165, 1.54) is 53.7 Å². The largest absolute Gasteiger partial charge is 0.477 e. The number of allylic oxidation sites excluding steroid dienone is 1. The highest BCUT2D eigenvalue weighted by Crippen LogP contribution is 2.48. The third-order valence-corrected chi connectivity index (χ3v) is 6.78. The van der Waals surface area contributed by atoms with Crippen LogP contribution in [0.1, 0.15) is 77.8 Å². The van der Waals surface area contributed by atoms with E-state index in [9.17, 15) is 22.8 Å². The molecule has 1 aliphatic rings. The van der Waals surface area contributed by atoms with Crippen molar-refractivity contribution >= 4 is 17.9 Å². The average molecular weight is 715 g/mol. The van der Waals surface area contributed by atoms with E-state index >= 15 is 13.2 Å². The Kier molecular flexibility index (Phi) is 10.9. The molecular formula is C33H36F6N4O7. The van der Waals surface area contributed by atoms with Crippen molar-refractivity contribution in [2.45, 2.75) is 96.6 Å². The molecule has 0 fully saturated rings. The van der Waals surface area contributed by atoms with Crippen LogP contribution in [0.5, 0.6) is 5.88 Å². The Balaban J connectivity index is 2.01. The van der Waals surface area contributed by atoms with Crippen molar-refractivity contribution in [2.24, 2.45) is 0 Å². The van der Waals surface area contributed by atoms with Gasteiger partial charge in [0.2, 0.25) is 11.5 Å². The number of ether oxygens (including phenoxy) is 4. The van der Waals surface area contributed by atoms with Crippen LogP contribution in [-0.2, 0) is 32.6 Å². The van der Waals surface area contributed by atoms with Crippen LogP contribution in [0.3, 0.4) is 0 Å². The predicted octanol–water partition coefficient (Wildman–Crippen LogP) is 8.92. The normalized spacial score (nSPS) is 18.0. The molecular weight excluding hydrogens is 678 g/mol. The fourth-order valence-electron chi connectivity index (χ4n) is 4.61. The van der Waals surface area contributed by atoms with E-state index in [0.29, 0.717) is 11.6 Å². The summed E-state index contributed by atoms with van der Waals surface area (Å²) in [7, 11) is 0. The molecule has 1 atom stereocenters. The highest BCUT2D eigenvalue weighted by Gasteiger charge is 2.61. The summed E-state index contributed by atoms with van der Waals surface area (Å²) >= 11 is 0. The number of halogens is 6. The summed E-state index contributed by atoms with van der Waals surface area (Å²) < 4.78 is 116. The molecule has 4 rings (SSSR count). The zero-order chi connectivity index (χ0) is 37.1. The summed E-state index contributed by atoms with van der Waals surface area (Å²) in [4.78, 5) is 31.1. The van der Waals surface area contributed by atoms with Crippen LogP contribution >= 0.6 is 0 Å². The van der Waals surface area contributed by atoms with Gasteiger partial charge in [0.25, 0.3) is 11.8 Å². The maximum Gasteiger partial charge on any atom is 0.426 e. The number of carbonyl (C=O) groups is 2. The Bertz CT molecular complexity index is 1670. The van der Waals surface area contributed by atoms with Crippen LogP contribution in [-0.4, -0.2) is 51.4 Å². The molecule has 17 heteroatoms. The number of fused-ring (bicyclic) bond motifs is 5. The summed E-state index contributed by atoms with van der Waals surface area (Å²) in [6.07, 6.45) is -11.5. The van der Waals surface area contributed by atoms with Crippen LogP contribution in [0.2, 0.25) is 0 Å². The van der Waals surface area contributed by atoms with Gasteiger partial charge in [0.1, 0.15) is 16.8 Å². The Morgan fingerprint density at radius 1 is 0.880 bits per heavy atom. The first kappa shape index (κ1) is 38.1. The van der Waals surface area contributed by atoms with Gasteiger partial charge < -0.3 is 23.4 Å². The topological polar surface area (TPSA) is 126 Å². The molecule has 1 unspecified atom stereocenters. The van der Waals surface area contributed by atoms with Gasteiger partial charge in [-0.15, -0.1) is 10.2 Å². The van der Waals surface area contributed by atoms with Crippen LogP contribution in [0.4, 0.5) is 41.6 Å². The van der Waals surface area contributed by atoms with Gasteiger partial charge in [-0.25, -0.2) is 14.6 Å². The number of amides is 2. The minimum Gasteiger partial charge on any atom is -0.477 e. The molecule has 272 valence electrons. The van der Waals surface area contributed by atoms with Crippen molar-refractivity contribution in [1.29, 1.82) is 0 Å². The Morgan fingerprint density at radius 3 is 2.04 bits per heavy atom. The smallest absolute Gasteiger partial charge is 0.426 e. The zero-order valence-electron chi connectivity index (χ0n) is 28.1. The molecule has 2 amide bonds. The molecule has 2 aromatic heterocycles. The van der Waals surface area contributed by atoms with Gasteiger partial charge in [-0.05, 0) is 72.4 Å². The Hall–Kier alpha value is -4.67. The van der Waals surface area contributed by atoms with Gasteiger partial charge in [-0.2, -0.15) is 31.2 Å². The standard InChI is InChI=1S/C33H36F6N4O7/c1-29(2,3)49-27(44)43(28(45)50-30(4,5)6)22-18-21(32(34,35)36)24-40-23(22)25-41-42-26(48-25)31(33(37,38)39,16-12-7-8-13-17-46-24)47-19-20-14-10-9-11-15-20/h7-11,14-15,18H,12-13,16-17,19H2,1-6H3/b8-7-. The van der Waals surface area contributed by atoms with E-state index in [1.54, 1.807) is 30.3 Å². The average Bonchev–Trinajstić information content (AvgIpc) is 3.46. The van der Waals surface area contributed by atoms with E-state index in [-0.39, 0.29) is 24.3 Å². The minimum absolute atomic E-state index is 0.0136. The number of benzene rings is 1. The van der Waals surface area contributed by atoms with Gasteiger partial charge in [0.05, 0.1) is 18.9 Å². The number of anilines is 1. The van der Waals surface area contributed by atoms with Crippen molar-refractivity contribution in [2.75, 3.05) is 11.5 Å². The Labute approximate surface area is 283 Å². The van der Waals surface area contributed by atoms with E-state index in [0.717, 1.165) is 0 Å². The quantitative estimate of drug-likeness (QED) is 0.191. The van der Waals surface area contributed by atoms with Gasteiger partial charge >= 0.3 is 24.5 Å². The third kappa shape index (κ3) is 9.11. The van der Waals surface area contributed by atoms with Gasteiger partial charge in [0, 0.05) is 0 Å². The van der Waals surface area contributed by atoms with Crippen molar-refractivity contribution in [3.63, 3.8) is 0 Å². The van der Waals surface area contributed by atoms with Crippen molar-refractivity contribution in [3.05, 3.63) is 65.6 Å². The summed E-state index contributed by atoms with van der Waals surface area (Å²) in [5, 5.41) is 7.34. The first-order valence-corrected chi connectivity index (χ1v) is 15.4. The third-order valence-electron chi connectivity index (χ3n) is 6.78. The molecule has 1 aromatic carbocycles. The number of aromatic nitrogens is 3. The fourth-order valence-corrected chi connectivity index (χ4v) is 4.61. The lowest BCUT2D eigenvalue weighted by molar-refractivity contribution is -0.299. The first-order valence-electron chi connectivity index (χ1n) is 15.4. The zero-order valence-corrected chi connectivity index (χ0v) is 28.1. The summed E-state index contributed by atoms with van der Waals surface area (Å²) in [6.45, 7) is 7.70. The predicted molar refractivity (Wildman–Crippen MR) is 165 cm³/mol. The molecule has 0 saturated heterocycles. The van der Waals surface area contributed by atoms with Crippen molar-refractivity contribution in [1.82, 2.24) is 15.2 Å². The minimum atomic E-state index is -5.17. The molecule has 4 bridgehead atoms. The molecule has 0 saturated carbocycles. The Morgan fingerprint density at radius 2 is 1.48 bits per heavy atom. The maximum absolute atomic E-state index is 15.1. The van der Waals surface area contributed by atoms with E-state index in [4.69, 9.17) is 23.4 Å². The second-order valence-electron chi connectivity index (χ2n) is 13.2. The van der Waals surface area contributed by atoms with Crippen LogP contribution in [0.25, 0.3) is 11.6 Å². The van der Waals surface area contributed by atoms with Crippen LogP contribution < -0.4 is 9.64 Å². The van der Waals surface area contributed by atoms with E-state index < -0.39 is 89.0 Å². The molecule has 1 aliphatic heterocycles. The van der Waals surface area contributed by atoms with Crippen molar-refractivity contribution < 1.29 is 59.3 Å². The highest BCUT2D eigenvalue weighted by molar-refractivity contribution is 6.11. The number of hydrogen-bond acceptors (Lipinski definition) is 10. The molecule has 11 nitrogen and oxygen atoms in total.